The molecule has 0 atom stereocenters. The molecule has 0 aliphatic carbocycles. The number of rotatable bonds is 4. The highest BCUT2D eigenvalue weighted by Crippen LogP contribution is 2.32. The fourth-order valence-corrected chi connectivity index (χ4v) is 4.77. The minimum atomic E-state index is -3.62. The van der Waals surface area contributed by atoms with E-state index in [4.69, 9.17) is 14.9 Å². The summed E-state index contributed by atoms with van der Waals surface area (Å²) in [5, 5.41) is 13.2. The summed E-state index contributed by atoms with van der Waals surface area (Å²) in [5.74, 6) is -1.15. The smallest absolute Gasteiger partial charge is 0.343 e. The molecule has 12 heteroatoms. The predicted octanol–water partition coefficient (Wildman–Crippen LogP) is 2.84. The van der Waals surface area contributed by atoms with Crippen molar-refractivity contribution >= 4 is 54.9 Å². The molecule has 10 nitrogen and oxygen atoms in total. The lowest BCUT2D eigenvalue weighted by Gasteiger charge is -2.20. The molecule has 2 aromatic rings. The molecule has 2 aromatic carbocycles. The lowest BCUT2D eigenvalue weighted by Crippen LogP contribution is -2.35. The van der Waals surface area contributed by atoms with Crippen LogP contribution in [0.3, 0.4) is 0 Å². The van der Waals surface area contributed by atoms with Gasteiger partial charge in [0.15, 0.2) is 17.3 Å². The largest absolute Gasteiger partial charge is 0.493 e. The summed E-state index contributed by atoms with van der Waals surface area (Å²) in [5.41, 5.74) is 1.69. The van der Waals surface area contributed by atoms with E-state index < -0.39 is 21.7 Å². The summed E-state index contributed by atoms with van der Waals surface area (Å²) in [6, 6.07) is 11.6. The van der Waals surface area contributed by atoms with Crippen molar-refractivity contribution in [3.63, 3.8) is 0 Å². The molecule has 0 fully saturated rings. The lowest BCUT2D eigenvalue weighted by atomic mass is 10.1. The van der Waals surface area contributed by atoms with Crippen molar-refractivity contribution in [2.45, 2.75) is 6.92 Å². The van der Waals surface area contributed by atoms with Gasteiger partial charge in [-0.25, -0.2) is 13.2 Å². The highest BCUT2D eigenvalue weighted by Gasteiger charge is 2.38. The minimum absolute atomic E-state index is 0.00330. The summed E-state index contributed by atoms with van der Waals surface area (Å²) >= 11 is 0.711. The van der Waals surface area contributed by atoms with E-state index in [9.17, 15) is 18.0 Å². The third-order valence-corrected chi connectivity index (χ3v) is 7.29. The van der Waals surface area contributed by atoms with Gasteiger partial charge in [-0.2, -0.15) is 10.0 Å². The number of hydrazone groups is 1. The second kappa shape index (κ2) is 8.88. The first-order valence-corrected chi connectivity index (χ1v) is 12.4. The molecule has 0 spiro atoms. The number of fused-ring (bicyclic) bond motifs is 1. The highest BCUT2D eigenvalue weighted by atomic mass is 32.3. The van der Waals surface area contributed by atoms with Crippen LogP contribution in [-0.4, -0.2) is 54.0 Å². The number of sulfone groups is 1. The van der Waals surface area contributed by atoms with Crippen molar-refractivity contribution in [2.24, 2.45) is 10.1 Å². The van der Waals surface area contributed by atoms with E-state index in [-0.39, 0.29) is 32.5 Å². The molecule has 0 aromatic heterocycles. The quantitative estimate of drug-likeness (QED) is 0.386. The van der Waals surface area contributed by atoms with Crippen LogP contribution in [-0.2, 0) is 14.6 Å². The average molecular weight is 499 g/mol. The van der Waals surface area contributed by atoms with Crippen LogP contribution in [0.4, 0.5) is 0 Å². The molecule has 174 valence electrons. The first-order chi connectivity index (χ1) is 16.1. The van der Waals surface area contributed by atoms with Crippen LogP contribution in [0.2, 0.25) is 0 Å². The van der Waals surface area contributed by atoms with Crippen LogP contribution >= 0.6 is 11.8 Å². The van der Waals surface area contributed by atoms with Crippen molar-refractivity contribution < 1.29 is 27.5 Å². The molecule has 2 heterocycles. The maximum Gasteiger partial charge on any atom is 0.343 e. The van der Waals surface area contributed by atoms with Gasteiger partial charge < -0.3 is 9.47 Å². The number of ether oxygens (including phenoxy) is 2. The second-order valence-electron chi connectivity index (χ2n) is 7.33. The zero-order chi connectivity index (χ0) is 24.6. The minimum Gasteiger partial charge on any atom is -0.493 e. The molecule has 2 aliphatic heterocycles. The zero-order valence-electron chi connectivity index (χ0n) is 18.2. The number of aryl methyl sites for hydroxylation is 1. The number of thioether (sulfide) groups is 1. The zero-order valence-corrected chi connectivity index (χ0v) is 19.9. The molecule has 1 N–H and O–H groups in total. The van der Waals surface area contributed by atoms with E-state index in [0.29, 0.717) is 22.9 Å². The van der Waals surface area contributed by atoms with Crippen molar-refractivity contribution in [2.75, 3.05) is 13.4 Å². The number of nitrogens with one attached hydrogen (secondary N) is 1. The van der Waals surface area contributed by atoms with E-state index in [1.165, 1.54) is 25.3 Å². The van der Waals surface area contributed by atoms with Crippen molar-refractivity contribution in [3.8, 4) is 11.5 Å². The number of esters is 1. The van der Waals surface area contributed by atoms with Gasteiger partial charge in [-0.15, -0.1) is 5.10 Å². The molecule has 0 unspecified atom stereocenters. The summed E-state index contributed by atoms with van der Waals surface area (Å²) in [7, 11) is -2.21. The topological polar surface area (TPSA) is 139 Å². The molecular weight excluding hydrogens is 480 g/mol. The molecule has 0 saturated heterocycles. The van der Waals surface area contributed by atoms with Gasteiger partial charge in [0, 0.05) is 6.26 Å². The number of hydrogen-bond acceptors (Lipinski definition) is 9. The Balaban J connectivity index is 1.61. The molecule has 2 aliphatic rings. The van der Waals surface area contributed by atoms with E-state index in [1.807, 2.05) is 13.0 Å². The number of benzene rings is 2. The monoisotopic (exact) mass is 498 g/mol. The molecular formula is C22H18N4O6S2. The van der Waals surface area contributed by atoms with Crippen LogP contribution < -0.4 is 9.47 Å². The maximum absolute atomic E-state index is 12.5. The first kappa shape index (κ1) is 23.4. The van der Waals surface area contributed by atoms with Crippen LogP contribution in [0.15, 0.2) is 58.1 Å². The van der Waals surface area contributed by atoms with Gasteiger partial charge in [-0.3, -0.25) is 10.2 Å². The SMILES string of the molecule is COc1cc(C=C2C(=N)N3N=C(S(C)(=O)=O)SC3=NC2=O)ccc1OC(=O)c1cccc(C)c1. The standard InChI is InChI=1S/C22H18N4O6S2/c1-12-5-4-6-14(9-12)20(28)32-16-8-7-13(11-17(16)31-2)10-15-18(23)26-21(24-19(15)27)33-22(25-26)34(3,29)30/h4-11,23H,1-3H3. The Morgan fingerprint density at radius 1 is 1.18 bits per heavy atom. The fourth-order valence-electron chi connectivity index (χ4n) is 3.08. The normalized spacial score (nSPS) is 16.8. The number of hydrogen-bond donors (Lipinski definition) is 1. The van der Waals surface area contributed by atoms with Gasteiger partial charge in [0.25, 0.3) is 5.91 Å². The number of carbonyl (C=O) groups excluding carboxylic acids is 2. The van der Waals surface area contributed by atoms with Crippen LogP contribution in [0.25, 0.3) is 6.08 Å². The number of amidine groups is 2. The van der Waals surface area contributed by atoms with Crippen LogP contribution in [0, 0.1) is 12.3 Å². The Kier molecular flexibility index (Phi) is 6.11. The summed E-state index contributed by atoms with van der Waals surface area (Å²) in [6.07, 6.45) is 2.39. The summed E-state index contributed by atoms with van der Waals surface area (Å²) in [6.45, 7) is 1.87. The molecule has 4 rings (SSSR count). The Labute approximate surface area is 199 Å². The number of amides is 1. The second-order valence-corrected chi connectivity index (χ2v) is 10.5. The van der Waals surface area contributed by atoms with Crippen molar-refractivity contribution in [3.05, 3.63) is 64.7 Å². The summed E-state index contributed by atoms with van der Waals surface area (Å²) in [4.78, 5) is 28.9. The number of carbonyl (C=O) groups is 2. The Morgan fingerprint density at radius 3 is 2.62 bits per heavy atom. The number of aliphatic imine (C=N–C) groups is 1. The fraction of sp³-hybridized carbons (Fsp3) is 0.136. The van der Waals surface area contributed by atoms with Gasteiger partial charge in [0.2, 0.25) is 19.4 Å². The third kappa shape index (κ3) is 4.63. The van der Waals surface area contributed by atoms with Gasteiger partial charge in [-0.05, 0) is 54.6 Å². The number of nitrogens with zero attached hydrogens (tertiary/aromatic N) is 3. The average Bonchev–Trinajstić information content (AvgIpc) is 3.22. The Hall–Kier alpha value is -3.77. The van der Waals surface area contributed by atoms with Gasteiger partial charge in [0.05, 0.1) is 18.2 Å². The van der Waals surface area contributed by atoms with Gasteiger partial charge >= 0.3 is 5.97 Å². The first-order valence-electron chi connectivity index (χ1n) is 9.74. The molecule has 0 radical (unpaired) electrons. The molecule has 34 heavy (non-hydrogen) atoms. The van der Waals surface area contributed by atoms with E-state index >= 15 is 0 Å². The van der Waals surface area contributed by atoms with E-state index in [0.717, 1.165) is 16.8 Å². The van der Waals surface area contributed by atoms with Gasteiger partial charge in [0.1, 0.15) is 0 Å². The maximum atomic E-state index is 12.5. The molecule has 1 amide bonds. The number of methoxy groups -OCH3 is 1. The van der Waals surface area contributed by atoms with E-state index in [2.05, 4.69) is 10.1 Å². The highest BCUT2D eigenvalue weighted by molar-refractivity contribution is 8.42. The van der Waals surface area contributed by atoms with Gasteiger partial charge in [-0.1, -0.05) is 23.8 Å². The third-order valence-electron chi connectivity index (χ3n) is 4.71. The predicted molar refractivity (Wildman–Crippen MR) is 129 cm³/mol. The van der Waals surface area contributed by atoms with E-state index in [1.54, 1.807) is 24.3 Å². The van der Waals surface area contributed by atoms with Crippen LogP contribution in [0.1, 0.15) is 21.5 Å². The molecule has 0 saturated carbocycles. The Bertz CT molecular complexity index is 1440. The summed E-state index contributed by atoms with van der Waals surface area (Å²) < 4.78 is 34.1. The van der Waals surface area contributed by atoms with Crippen LogP contribution in [0.5, 0.6) is 11.5 Å². The lowest BCUT2D eigenvalue weighted by molar-refractivity contribution is -0.114. The van der Waals surface area contributed by atoms with Crippen molar-refractivity contribution in [1.29, 1.82) is 5.41 Å². The van der Waals surface area contributed by atoms with Crippen molar-refractivity contribution in [1.82, 2.24) is 5.01 Å². The Morgan fingerprint density at radius 2 is 1.94 bits per heavy atom. The molecule has 0 bridgehead atoms.